The van der Waals surface area contributed by atoms with E-state index >= 15 is 0 Å². The van der Waals surface area contributed by atoms with Gasteiger partial charge in [-0.25, -0.2) is 9.97 Å². The standard InChI is InChI=1S/C20H21N5OS/c1-14-22-18(17-6-4-5-11-21-17)12-20(23-14)27-13-19(26)24-15-7-9-16(10-8-15)25(2)3/h4-12H,13H2,1-3H3,(H,24,26). The Morgan fingerprint density at radius 1 is 1.07 bits per heavy atom. The van der Waals surface area contributed by atoms with Gasteiger partial charge in [0.2, 0.25) is 5.91 Å². The van der Waals surface area contributed by atoms with Gasteiger partial charge in [-0.2, -0.15) is 0 Å². The molecule has 0 aliphatic rings. The Bertz CT molecular complexity index is 913. The number of anilines is 2. The zero-order chi connectivity index (χ0) is 19.2. The molecule has 2 heterocycles. The van der Waals surface area contributed by atoms with Crippen molar-refractivity contribution in [2.45, 2.75) is 11.9 Å². The molecule has 0 saturated heterocycles. The average molecular weight is 379 g/mol. The van der Waals surface area contributed by atoms with Crippen molar-refractivity contribution in [2.24, 2.45) is 0 Å². The highest BCUT2D eigenvalue weighted by Gasteiger charge is 2.09. The monoisotopic (exact) mass is 379 g/mol. The van der Waals surface area contributed by atoms with E-state index in [1.54, 1.807) is 6.20 Å². The van der Waals surface area contributed by atoms with E-state index in [4.69, 9.17) is 0 Å². The van der Waals surface area contributed by atoms with Crippen LogP contribution in [0.1, 0.15) is 5.82 Å². The molecule has 138 valence electrons. The van der Waals surface area contributed by atoms with E-state index in [0.717, 1.165) is 27.8 Å². The van der Waals surface area contributed by atoms with E-state index in [0.29, 0.717) is 5.82 Å². The highest BCUT2D eigenvalue weighted by molar-refractivity contribution is 7.99. The number of amides is 1. The molecule has 1 aromatic carbocycles. The summed E-state index contributed by atoms with van der Waals surface area (Å²) in [6.45, 7) is 1.84. The van der Waals surface area contributed by atoms with Crippen LogP contribution in [0.5, 0.6) is 0 Å². The fraction of sp³-hybridized carbons (Fsp3) is 0.200. The first-order valence-electron chi connectivity index (χ1n) is 8.48. The van der Waals surface area contributed by atoms with E-state index < -0.39 is 0 Å². The molecular formula is C20H21N5OS. The molecule has 27 heavy (non-hydrogen) atoms. The second-order valence-electron chi connectivity index (χ2n) is 6.13. The maximum Gasteiger partial charge on any atom is 0.234 e. The lowest BCUT2D eigenvalue weighted by Gasteiger charge is -2.13. The van der Waals surface area contributed by atoms with Gasteiger partial charge in [-0.3, -0.25) is 9.78 Å². The fourth-order valence-electron chi connectivity index (χ4n) is 2.44. The van der Waals surface area contributed by atoms with Crippen LogP contribution in [0.25, 0.3) is 11.4 Å². The average Bonchev–Trinajstić information content (AvgIpc) is 2.67. The van der Waals surface area contributed by atoms with Crippen molar-refractivity contribution < 1.29 is 4.79 Å². The summed E-state index contributed by atoms with van der Waals surface area (Å²) >= 11 is 1.38. The summed E-state index contributed by atoms with van der Waals surface area (Å²) in [7, 11) is 3.96. The quantitative estimate of drug-likeness (QED) is 0.521. The van der Waals surface area contributed by atoms with Crippen molar-refractivity contribution in [3.63, 3.8) is 0 Å². The van der Waals surface area contributed by atoms with Gasteiger partial charge in [0.05, 0.1) is 17.1 Å². The van der Waals surface area contributed by atoms with Gasteiger partial charge in [0.25, 0.3) is 0 Å². The Morgan fingerprint density at radius 2 is 1.85 bits per heavy atom. The smallest absolute Gasteiger partial charge is 0.234 e. The molecule has 1 amide bonds. The van der Waals surface area contributed by atoms with Gasteiger partial charge in [-0.15, -0.1) is 0 Å². The minimum atomic E-state index is -0.0757. The first kappa shape index (κ1) is 18.8. The third-order valence-corrected chi connectivity index (χ3v) is 4.67. The molecule has 0 spiro atoms. The Hall–Kier alpha value is -2.93. The molecule has 3 rings (SSSR count). The number of hydrogen-bond acceptors (Lipinski definition) is 6. The van der Waals surface area contributed by atoms with E-state index in [-0.39, 0.29) is 11.7 Å². The van der Waals surface area contributed by atoms with Crippen molar-refractivity contribution >= 4 is 29.0 Å². The van der Waals surface area contributed by atoms with Crippen LogP contribution in [0.3, 0.4) is 0 Å². The van der Waals surface area contributed by atoms with Crippen molar-refractivity contribution in [3.8, 4) is 11.4 Å². The molecule has 0 atom stereocenters. The van der Waals surface area contributed by atoms with Gasteiger partial charge in [0.15, 0.2) is 0 Å². The van der Waals surface area contributed by atoms with Gasteiger partial charge < -0.3 is 10.2 Å². The summed E-state index contributed by atoms with van der Waals surface area (Å²) in [5.74, 6) is 0.849. The zero-order valence-electron chi connectivity index (χ0n) is 15.5. The summed E-state index contributed by atoms with van der Waals surface area (Å²) in [5, 5.41) is 3.66. The number of rotatable bonds is 6. The maximum absolute atomic E-state index is 12.2. The number of aromatic nitrogens is 3. The Morgan fingerprint density at radius 3 is 2.52 bits per heavy atom. The number of benzene rings is 1. The van der Waals surface area contributed by atoms with Crippen molar-refractivity contribution in [3.05, 3.63) is 60.6 Å². The van der Waals surface area contributed by atoms with Gasteiger partial charge in [-0.05, 0) is 49.4 Å². The van der Waals surface area contributed by atoms with Gasteiger partial charge >= 0.3 is 0 Å². The molecule has 6 nitrogen and oxygen atoms in total. The topological polar surface area (TPSA) is 71.0 Å². The van der Waals surface area contributed by atoms with Crippen LogP contribution in [0, 0.1) is 6.92 Å². The predicted molar refractivity (Wildman–Crippen MR) is 110 cm³/mol. The molecule has 2 aromatic heterocycles. The Labute approximate surface area is 163 Å². The first-order chi connectivity index (χ1) is 13.0. The van der Waals surface area contributed by atoms with Gasteiger partial charge in [-0.1, -0.05) is 17.8 Å². The van der Waals surface area contributed by atoms with E-state index in [1.807, 2.05) is 74.4 Å². The van der Waals surface area contributed by atoms with E-state index in [1.165, 1.54) is 11.8 Å². The third kappa shape index (κ3) is 5.27. The summed E-state index contributed by atoms with van der Waals surface area (Å²) in [6.07, 6.45) is 1.73. The van der Waals surface area contributed by atoms with Gasteiger partial charge in [0, 0.05) is 31.7 Å². The summed E-state index contributed by atoms with van der Waals surface area (Å²) < 4.78 is 0. The number of carbonyl (C=O) groups excluding carboxylic acids is 1. The number of aryl methyl sites for hydroxylation is 1. The van der Waals surface area contributed by atoms with Crippen LogP contribution < -0.4 is 10.2 Å². The predicted octanol–water partition coefficient (Wildman–Crippen LogP) is 3.64. The number of nitrogens with one attached hydrogen (secondary N) is 1. The summed E-state index contributed by atoms with van der Waals surface area (Å²) in [4.78, 5) is 27.4. The summed E-state index contributed by atoms with van der Waals surface area (Å²) in [5.41, 5.74) is 3.40. The van der Waals surface area contributed by atoms with Crippen LogP contribution in [-0.2, 0) is 4.79 Å². The van der Waals surface area contributed by atoms with Crippen molar-refractivity contribution in [1.82, 2.24) is 15.0 Å². The lowest BCUT2D eigenvalue weighted by molar-refractivity contribution is -0.113. The Balaban J connectivity index is 1.62. The maximum atomic E-state index is 12.2. The molecule has 0 fully saturated rings. The zero-order valence-corrected chi connectivity index (χ0v) is 16.3. The molecule has 0 aliphatic heterocycles. The first-order valence-corrected chi connectivity index (χ1v) is 9.47. The number of thioether (sulfide) groups is 1. The van der Waals surface area contributed by atoms with Gasteiger partial charge in [0.1, 0.15) is 10.9 Å². The van der Waals surface area contributed by atoms with E-state index in [2.05, 4.69) is 20.3 Å². The lowest BCUT2D eigenvalue weighted by atomic mass is 10.2. The second kappa shape index (κ2) is 8.64. The molecule has 0 bridgehead atoms. The fourth-order valence-corrected chi connectivity index (χ4v) is 3.18. The number of nitrogens with zero attached hydrogens (tertiary/aromatic N) is 4. The normalized spacial score (nSPS) is 10.5. The minimum Gasteiger partial charge on any atom is -0.378 e. The number of pyridine rings is 1. The highest BCUT2D eigenvalue weighted by Crippen LogP contribution is 2.22. The Kier molecular flexibility index (Phi) is 6.03. The minimum absolute atomic E-state index is 0.0757. The molecular weight excluding hydrogens is 358 g/mol. The van der Waals surface area contributed by atoms with Crippen LogP contribution in [-0.4, -0.2) is 40.7 Å². The molecule has 0 radical (unpaired) electrons. The largest absolute Gasteiger partial charge is 0.378 e. The molecule has 0 aliphatic carbocycles. The highest BCUT2D eigenvalue weighted by atomic mass is 32.2. The van der Waals surface area contributed by atoms with Crippen LogP contribution in [0.15, 0.2) is 59.8 Å². The number of hydrogen-bond donors (Lipinski definition) is 1. The molecule has 3 aromatic rings. The molecule has 0 saturated carbocycles. The summed E-state index contributed by atoms with van der Waals surface area (Å²) in [6, 6.07) is 15.3. The second-order valence-corrected chi connectivity index (χ2v) is 7.13. The SMILES string of the molecule is Cc1nc(SCC(=O)Nc2ccc(N(C)C)cc2)cc(-c2ccccn2)n1. The third-order valence-electron chi connectivity index (χ3n) is 3.76. The van der Waals surface area contributed by atoms with Crippen LogP contribution in [0.4, 0.5) is 11.4 Å². The van der Waals surface area contributed by atoms with Crippen molar-refractivity contribution in [1.29, 1.82) is 0 Å². The van der Waals surface area contributed by atoms with Crippen LogP contribution >= 0.6 is 11.8 Å². The molecule has 7 heteroatoms. The molecule has 1 N–H and O–H groups in total. The van der Waals surface area contributed by atoms with Crippen molar-refractivity contribution in [2.75, 3.05) is 30.1 Å². The van der Waals surface area contributed by atoms with Crippen LogP contribution in [0.2, 0.25) is 0 Å². The van der Waals surface area contributed by atoms with E-state index in [9.17, 15) is 4.79 Å². The molecule has 0 unspecified atom stereocenters. The number of carbonyl (C=O) groups is 1. The lowest BCUT2D eigenvalue weighted by Crippen LogP contribution is -2.14.